The van der Waals surface area contributed by atoms with Crippen LogP contribution >= 0.6 is 0 Å². The van der Waals surface area contributed by atoms with E-state index in [1.54, 1.807) is 6.92 Å². The Morgan fingerprint density at radius 1 is 0.750 bits per heavy atom. The summed E-state index contributed by atoms with van der Waals surface area (Å²) in [4.78, 5) is 35.2. The van der Waals surface area contributed by atoms with Crippen molar-refractivity contribution in [3.05, 3.63) is 0 Å². The maximum Gasteiger partial charge on any atom is 0.246 e. The molecule has 0 aliphatic heterocycles. The first-order chi connectivity index (χ1) is 15.0. The lowest BCUT2D eigenvalue weighted by atomic mass is 10.1. The number of ether oxygens (including phenoxy) is 4. The van der Waals surface area contributed by atoms with Crippen LogP contribution in [0.25, 0.3) is 0 Å². The minimum absolute atomic E-state index is 0.0414. The lowest BCUT2D eigenvalue weighted by molar-refractivity contribution is -0.131. The fourth-order valence-electron chi connectivity index (χ4n) is 2.19. The van der Waals surface area contributed by atoms with Crippen molar-refractivity contribution < 1.29 is 33.3 Å². The number of carbonyl (C=O) groups excluding carboxylic acids is 3. The highest BCUT2D eigenvalue weighted by atomic mass is 16.5. The first-order valence-electron chi connectivity index (χ1n) is 11.2. The molecule has 0 aromatic carbocycles. The van der Waals surface area contributed by atoms with Gasteiger partial charge in [-0.05, 0) is 27.7 Å². The summed E-state index contributed by atoms with van der Waals surface area (Å²) >= 11 is 0. The van der Waals surface area contributed by atoms with Crippen LogP contribution in [0.2, 0.25) is 0 Å². The van der Waals surface area contributed by atoms with Gasteiger partial charge in [0.15, 0.2) is 5.78 Å². The molecule has 2 amide bonds. The SMILES string of the molecule is CC(C)C(=O)COCCOCCNC(=O)C(C)NC(=O)COCCOCCNC(C)(C)C. The van der Waals surface area contributed by atoms with Crippen LogP contribution in [0.3, 0.4) is 0 Å². The van der Waals surface area contributed by atoms with Gasteiger partial charge in [0.25, 0.3) is 0 Å². The van der Waals surface area contributed by atoms with Crippen molar-refractivity contribution in [1.29, 1.82) is 0 Å². The third-order valence-corrected chi connectivity index (χ3v) is 4.08. The van der Waals surface area contributed by atoms with E-state index >= 15 is 0 Å². The molecule has 10 heteroatoms. The molecule has 10 nitrogen and oxygen atoms in total. The summed E-state index contributed by atoms with van der Waals surface area (Å²) in [7, 11) is 0. The molecule has 3 N–H and O–H groups in total. The Morgan fingerprint density at radius 3 is 1.84 bits per heavy atom. The molecular formula is C22H43N3O7. The Kier molecular flexibility index (Phi) is 17.0. The molecule has 0 aliphatic rings. The van der Waals surface area contributed by atoms with Crippen molar-refractivity contribution in [2.24, 2.45) is 5.92 Å². The minimum Gasteiger partial charge on any atom is -0.378 e. The number of amides is 2. The number of rotatable bonds is 19. The second-order valence-electron chi connectivity index (χ2n) is 8.71. The molecule has 0 radical (unpaired) electrons. The topological polar surface area (TPSA) is 124 Å². The van der Waals surface area contributed by atoms with Gasteiger partial charge < -0.3 is 34.9 Å². The van der Waals surface area contributed by atoms with Crippen molar-refractivity contribution in [3.8, 4) is 0 Å². The van der Waals surface area contributed by atoms with E-state index in [9.17, 15) is 14.4 Å². The van der Waals surface area contributed by atoms with Gasteiger partial charge in [0, 0.05) is 24.5 Å². The highest BCUT2D eigenvalue weighted by molar-refractivity contribution is 5.87. The van der Waals surface area contributed by atoms with Gasteiger partial charge in [0.1, 0.15) is 19.3 Å². The van der Waals surface area contributed by atoms with Crippen molar-refractivity contribution in [2.75, 3.05) is 65.9 Å². The average molecular weight is 462 g/mol. The van der Waals surface area contributed by atoms with E-state index < -0.39 is 6.04 Å². The molecule has 0 aromatic rings. The lowest BCUT2D eigenvalue weighted by Gasteiger charge is -2.20. The van der Waals surface area contributed by atoms with Crippen LogP contribution in [0.1, 0.15) is 41.5 Å². The van der Waals surface area contributed by atoms with Crippen molar-refractivity contribution >= 4 is 17.6 Å². The highest BCUT2D eigenvalue weighted by Gasteiger charge is 2.15. The first kappa shape index (κ1) is 30.4. The quantitative estimate of drug-likeness (QED) is 0.235. The Bertz CT molecular complexity index is 536. The van der Waals surface area contributed by atoms with Gasteiger partial charge in [-0.25, -0.2) is 0 Å². The highest BCUT2D eigenvalue weighted by Crippen LogP contribution is 1.97. The molecule has 0 bridgehead atoms. The van der Waals surface area contributed by atoms with Gasteiger partial charge in [0.2, 0.25) is 11.8 Å². The maximum absolute atomic E-state index is 12.0. The summed E-state index contributed by atoms with van der Waals surface area (Å²) in [5.41, 5.74) is 0.0541. The number of carbonyl (C=O) groups is 3. The molecular weight excluding hydrogens is 418 g/mol. The fraction of sp³-hybridized carbons (Fsp3) is 0.864. The second kappa shape index (κ2) is 17.9. The van der Waals surface area contributed by atoms with E-state index in [0.717, 1.165) is 6.54 Å². The van der Waals surface area contributed by atoms with Gasteiger partial charge in [-0.1, -0.05) is 13.8 Å². The largest absolute Gasteiger partial charge is 0.378 e. The second-order valence-corrected chi connectivity index (χ2v) is 8.71. The molecule has 0 heterocycles. The Balaban J connectivity index is 3.61. The normalized spacial score (nSPS) is 12.6. The number of hydrogen-bond donors (Lipinski definition) is 3. The fourth-order valence-corrected chi connectivity index (χ4v) is 2.19. The number of Topliss-reactive ketones (excluding diaryl/α,β-unsaturated/α-hetero) is 1. The minimum atomic E-state index is -0.684. The van der Waals surface area contributed by atoms with E-state index in [0.29, 0.717) is 46.2 Å². The zero-order chi connectivity index (χ0) is 24.4. The molecule has 1 unspecified atom stereocenters. The molecule has 188 valence electrons. The smallest absolute Gasteiger partial charge is 0.246 e. The van der Waals surface area contributed by atoms with E-state index in [4.69, 9.17) is 18.9 Å². The van der Waals surface area contributed by atoms with Crippen LogP contribution in [0.15, 0.2) is 0 Å². The average Bonchev–Trinajstić information content (AvgIpc) is 2.70. The predicted octanol–water partition coefficient (Wildman–Crippen LogP) is 0.287. The molecule has 32 heavy (non-hydrogen) atoms. The Hall–Kier alpha value is -1.59. The van der Waals surface area contributed by atoms with Crippen molar-refractivity contribution in [3.63, 3.8) is 0 Å². The van der Waals surface area contributed by atoms with E-state index in [1.165, 1.54) is 0 Å². The monoisotopic (exact) mass is 461 g/mol. The standard InChI is InChI=1S/C22H43N3O7/c1-17(2)19(26)15-31-13-11-29-9-7-23-21(28)18(3)25-20(27)16-32-14-12-30-10-8-24-22(4,5)6/h17-18,24H,7-16H2,1-6H3,(H,23,28)(H,25,27). The van der Waals surface area contributed by atoms with Crippen LogP contribution in [0.4, 0.5) is 0 Å². The zero-order valence-corrected chi connectivity index (χ0v) is 20.6. The number of hydrogen-bond acceptors (Lipinski definition) is 8. The molecule has 0 aromatic heterocycles. The summed E-state index contributed by atoms with van der Waals surface area (Å²) in [5, 5.41) is 8.56. The third-order valence-electron chi connectivity index (χ3n) is 4.08. The van der Waals surface area contributed by atoms with E-state index in [-0.39, 0.29) is 42.3 Å². The summed E-state index contributed by atoms with van der Waals surface area (Å²) < 4.78 is 21.2. The molecule has 0 aliphatic carbocycles. The van der Waals surface area contributed by atoms with Crippen LogP contribution in [-0.2, 0) is 33.3 Å². The van der Waals surface area contributed by atoms with Crippen molar-refractivity contribution in [2.45, 2.75) is 53.1 Å². The van der Waals surface area contributed by atoms with Crippen LogP contribution in [-0.4, -0.2) is 95.1 Å². The maximum atomic E-state index is 12.0. The summed E-state index contributed by atoms with van der Waals surface area (Å²) in [5.74, 6) is -0.668. The van der Waals surface area contributed by atoms with E-state index in [1.807, 2.05) is 13.8 Å². The Morgan fingerprint density at radius 2 is 1.28 bits per heavy atom. The van der Waals surface area contributed by atoms with Gasteiger partial charge >= 0.3 is 0 Å². The van der Waals surface area contributed by atoms with Gasteiger partial charge in [-0.15, -0.1) is 0 Å². The molecule has 0 spiro atoms. The van der Waals surface area contributed by atoms with Crippen LogP contribution in [0, 0.1) is 5.92 Å². The van der Waals surface area contributed by atoms with Crippen molar-refractivity contribution in [1.82, 2.24) is 16.0 Å². The van der Waals surface area contributed by atoms with Gasteiger partial charge in [-0.2, -0.15) is 0 Å². The van der Waals surface area contributed by atoms with Crippen LogP contribution in [0.5, 0.6) is 0 Å². The molecule has 0 saturated heterocycles. The van der Waals surface area contributed by atoms with E-state index in [2.05, 4.69) is 36.7 Å². The Labute approximate surface area is 192 Å². The number of nitrogens with one attached hydrogen (secondary N) is 3. The molecule has 0 saturated carbocycles. The molecule has 0 rings (SSSR count). The lowest BCUT2D eigenvalue weighted by Crippen LogP contribution is -2.46. The third kappa shape index (κ3) is 19.1. The predicted molar refractivity (Wildman–Crippen MR) is 121 cm³/mol. The van der Waals surface area contributed by atoms with Gasteiger partial charge in [-0.3, -0.25) is 14.4 Å². The number of ketones is 1. The van der Waals surface area contributed by atoms with Crippen LogP contribution < -0.4 is 16.0 Å². The summed E-state index contributed by atoms with van der Waals surface area (Å²) in [6, 6.07) is -0.684. The molecule has 1 atom stereocenters. The summed E-state index contributed by atoms with van der Waals surface area (Å²) in [6.07, 6.45) is 0. The zero-order valence-electron chi connectivity index (χ0n) is 20.6. The first-order valence-corrected chi connectivity index (χ1v) is 11.2. The summed E-state index contributed by atoms with van der Waals surface area (Å²) in [6.45, 7) is 14.7. The van der Waals surface area contributed by atoms with Gasteiger partial charge in [0.05, 0.1) is 39.6 Å². The molecule has 0 fully saturated rings.